The molecule has 1 heteroatoms. The summed E-state index contributed by atoms with van der Waals surface area (Å²) in [6.07, 6.45) is 6.43. The van der Waals surface area contributed by atoms with Gasteiger partial charge in [-0.15, -0.1) is 0 Å². The van der Waals surface area contributed by atoms with Crippen LogP contribution < -0.4 is 0 Å². The highest BCUT2D eigenvalue weighted by Gasteiger charge is 1.80. The van der Waals surface area contributed by atoms with Gasteiger partial charge in [-0.1, -0.05) is 25.5 Å². The van der Waals surface area contributed by atoms with Crippen LogP contribution in [0.4, 0.5) is 0 Å². The van der Waals surface area contributed by atoms with Gasteiger partial charge in [-0.25, -0.2) is 0 Å². The molecular formula is C8H16O. The Kier molecular flexibility index (Phi) is 7.44. The van der Waals surface area contributed by atoms with Crippen LogP contribution in [0.3, 0.4) is 0 Å². The van der Waals surface area contributed by atoms with E-state index in [9.17, 15) is 0 Å². The average Bonchev–Trinajstić information content (AvgIpc) is 1.89. The average molecular weight is 128 g/mol. The van der Waals surface area contributed by atoms with Crippen LogP contribution >= 0.6 is 0 Å². The molecule has 0 aliphatic rings. The molecule has 0 N–H and O–H groups in total. The van der Waals surface area contributed by atoms with Crippen molar-refractivity contribution in [1.29, 1.82) is 0 Å². The third kappa shape index (κ3) is 7.70. The lowest BCUT2D eigenvalue weighted by molar-refractivity contribution is 0.159. The molecule has 9 heavy (non-hydrogen) atoms. The van der Waals surface area contributed by atoms with Crippen molar-refractivity contribution in [1.82, 2.24) is 0 Å². The Balaban J connectivity index is 2.75. The predicted molar refractivity (Wildman–Crippen MR) is 40.5 cm³/mol. The van der Waals surface area contributed by atoms with Gasteiger partial charge in [0.15, 0.2) is 0 Å². The number of rotatable bonds is 5. The molecule has 0 saturated heterocycles. The number of hydrogen-bond acceptors (Lipinski definition) is 1. The summed E-state index contributed by atoms with van der Waals surface area (Å²) >= 11 is 0. The summed E-state index contributed by atoms with van der Waals surface area (Å²) in [5, 5.41) is 0. The first kappa shape index (κ1) is 8.70. The minimum Gasteiger partial charge on any atom is -0.377 e. The SMILES string of the molecule is C/C=C\COCCCC. The molecular weight excluding hydrogens is 112 g/mol. The number of hydrogen-bond donors (Lipinski definition) is 0. The number of unbranched alkanes of at least 4 members (excludes halogenated alkanes) is 1. The zero-order valence-electron chi connectivity index (χ0n) is 6.39. The van der Waals surface area contributed by atoms with Crippen LogP contribution in [0.25, 0.3) is 0 Å². The van der Waals surface area contributed by atoms with E-state index in [1.807, 2.05) is 19.1 Å². The van der Waals surface area contributed by atoms with Crippen LogP contribution in [0.1, 0.15) is 26.7 Å². The highest BCUT2D eigenvalue weighted by Crippen LogP contribution is 1.87. The van der Waals surface area contributed by atoms with E-state index >= 15 is 0 Å². The van der Waals surface area contributed by atoms with Gasteiger partial charge in [-0.3, -0.25) is 0 Å². The topological polar surface area (TPSA) is 9.23 Å². The van der Waals surface area contributed by atoms with E-state index in [0.717, 1.165) is 13.2 Å². The van der Waals surface area contributed by atoms with E-state index in [0.29, 0.717) is 0 Å². The van der Waals surface area contributed by atoms with Crippen molar-refractivity contribution in [3.05, 3.63) is 12.2 Å². The molecule has 0 aromatic rings. The molecule has 0 atom stereocenters. The lowest BCUT2D eigenvalue weighted by atomic mass is 10.4. The van der Waals surface area contributed by atoms with Gasteiger partial charge in [-0.05, 0) is 13.3 Å². The summed E-state index contributed by atoms with van der Waals surface area (Å²) in [6.45, 7) is 5.85. The fourth-order valence-corrected chi connectivity index (χ4v) is 0.494. The quantitative estimate of drug-likeness (QED) is 0.408. The van der Waals surface area contributed by atoms with Gasteiger partial charge >= 0.3 is 0 Å². The van der Waals surface area contributed by atoms with E-state index in [1.54, 1.807) is 0 Å². The van der Waals surface area contributed by atoms with Crippen molar-refractivity contribution in [3.8, 4) is 0 Å². The van der Waals surface area contributed by atoms with Crippen molar-refractivity contribution in [3.63, 3.8) is 0 Å². The van der Waals surface area contributed by atoms with Gasteiger partial charge in [0.2, 0.25) is 0 Å². The largest absolute Gasteiger partial charge is 0.377 e. The zero-order valence-corrected chi connectivity index (χ0v) is 6.39. The predicted octanol–water partition coefficient (Wildman–Crippen LogP) is 2.38. The molecule has 0 aliphatic carbocycles. The van der Waals surface area contributed by atoms with Crippen molar-refractivity contribution in [2.24, 2.45) is 0 Å². The summed E-state index contributed by atoms with van der Waals surface area (Å²) < 4.78 is 5.23. The van der Waals surface area contributed by atoms with Gasteiger partial charge in [0.05, 0.1) is 6.61 Å². The second-order valence-electron chi connectivity index (χ2n) is 2.00. The molecule has 0 aromatic heterocycles. The molecule has 0 amide bonds. The fraction of sp³-hybridized carbons (Fsp3) is 0.750. The smallest absolute Gasteiger partial charge is 0.0647 e. The van der Waals surface area contributed by atoms with Gasteiger partial charge in [0.25, 0.3) is 0 Å². The minimum absolute atomic E-state index is 0.774. The molecule has 1 nitrogen and oxygen atoms in total. The number of ether oxygens (including phenoxy) is 1. The zero-order chi connectivity index (χ0) is 6.95. The van der Waals surface area contributed by atoms with Gasteiger partial charge in [0.1, 0.15) is 0 Å². The molecule has 0 unspecified atom stereocenters. The lowest BCUT2D eigenvalue weighted by Crippen LogP contribution is -1.92. The molecule has 0 aliphatic heterocycles. The Bertz CT molecular complexity index is 67.0. The van der Waals surface area contributed by atoms with Crippen molar-refractivity contribution in [2.45, 2.75) is 26.7 Å². The molecule has 0 fully saturated rings. The summed E-state index contributed by atoms with van der Waals surface area (Å²) in [5.74, 6) is 0. The first-order chi connectivity index (χ1) is 4.41. The second kappa shape index (κ2) is 7.70. The number of allylic oxidation sites excluding steroid dienone is 1. The molecule has 0 aromatic carbocycles. The third-order valence-electron chi connectivity index (χ3n) is 1.09. The van der Waals surface area contributed by atoms with Gasteiger partial charge in [0, 0.05) is 6.61 Å². The summed E-state index contributed by atoms with van der Waals surface area (Å²) in [7, 11) is 0. The van der Waals surface area contributed by atoms with E-state index in [4.69, 9.17) is 4.74 Å². The first-order valence-electron chi connectivity index (χ1n) is 3.60. The normalized spacial score (nSPS) is 10.9. The maximum atomic E-state index is 5.23. The van der Waals surface area contributed by atoms with Crippen molar-refractivity contribution < 1.29 is 4.74 Å². The van der Waals surface area contributed by atoms with E-state index in [2.05, 4.69) is 6.92 Å². The van der Waals surface area contributed by atoms with Crippen LogP contribution in [0.2, 0.25) is 0 Å². The Morgan fingerprint density at radius 3 is 2.78 bits per heavy atom. The highest BCUT2D eigenvalue weighted by molar-refractivity contribution is 4.75. The Morgan fingerprint density at radius 2 is 2.22 bits per heavy atom. The molecule has 0 rings (SSSR count). The fourth-order valence-electron chi connectivity index (χ4n) is 0.494. The first-order valence-corrected chi connectivity index (χ1v) is 3.60. The van der Waals surface area contributed by atoms with Crippen LogP contribution in [0.15, 0.2) is 12.2 Å². The van der Waals surface area contributed by atoms with E-state index in [1.165, 1.54) is 12.8 Å². The van der Waals surface area contributed by atoms with E-state index < -0.39 is 0 Å². The van der Waals surface area contributed by atoms with Gasteiger partial charge < -0.3 is 4.74 Å². The van der Waals surface area contributed by atoms with Gasteiger partial charge in [-0.2, -0.15) is 0 Å². The molecule has 54 valence electrons. The minimum atomic E-state index is 0.774. The van der Waals surface area contributed by atoms with Crippen molar-refractivity contribution >= 4 is 0 Å². The Morgan fingerprint density at radius 1 is 1.44 bits per heavy atom. The Hall–Kier alpha value is -0.300. The lowest BCUT2D eigenvalue weighted by Gasteiger charge is -1.96. The maximum absolute atomic E-state index is 5.23. The standard InChI is InChI=1S/C8H16O/c1-3-5-7-9-8-6-4-2/h3,5H,4,6-8H2,1-2H3/b5-3-. The van der Waals surface area contributed by atoms with Crippen LogP contribution in [-0.4, -0.2) is 13.2 Å². The third-order valence-corrected chi connectivity index (χ3v) is 1.09. The summed E-state index contributed by atoms with van der Waals surface area (Å²) in [5.41, 5.74) is 0. The molecule has 0 saturated carbocycles. The molecule has 0 spiro atoms. The van der Waals surface area contributed by atoms with E-state index in [-0.39, 0.29) is 0 Å². The van der Waals surface area contributed by atoms with Crippen molar-refractivity contribution in [2.75, 3.05) is 13.2 Å². The second-order valence-corrected chi connectivity index (χ2v) is 2.00. The molecule has 0 bridgehead atoms. The van der Waals surface area contributed by atoms with Crippen LogP contribution in [-0.2, 0) is 4.74 Å². The molecule has 0 heterocycles. The van der Waals surface area contributed by atoms with Crippen LogP contribution in [0, 0.1) is 0 Å². The summed E-state index contributed by atoms with van der Waals surface area (Å²) in [4.78, 5) is 0. The molecule has 0 radical (unpaired) electrons. The summed E-state index contributed by atoms with van der Waals surface area (Å²) in [6, 6.07) is 0. The monoisotopic (exact) mass is 128 g/mol. The Labute approximate surface area is 57.7 Å². The van der Waals surface area contributed by atoms with Crippen LogP contribution in [0.5, 0.6) is 0 Å². The highest BCUT2D eigenvalue weighted by atomic mass is 16.5. The maximum Gasteiger partial charge on any atom is 0.0647 e.